The van der Waals surface area contributed by atoms with Gasteiger partial charge in [-0.15, -0.1) is 0 Å². The molecule has 0 aliphatic heterocycles. The van der Waals surface area contributed by atoms with Crippen molar-refractivity contribution in [1.82, 2.24) is 9.88 Å². The van der Waals surface area contributed by atoms with E-state index in [2.05, 4.69) is 34.6 Å². The van der Waals surface area contributed by atoms with Gasteiger partial charge < -0.3 is 14.7 Å². The van der Waals surface area contributed by atoms with E-state index in [1.165, 1.54) is 4.90 Å². The predicted octanol–water partition coefficient (Wildman–Crippen LogP) is 5.14. The first kappa shape index (κ1) is 24.4. The summed E-state index contributed by atoms with van der Waals surface area (Å²) in [6.45, 7) is 4.35. The molecule has 9 heteroatoms. The van der Waals surface area contributed by atoms with E-state index in [-0.39, 0.29) is 36.5 Å². The maximum absolute atomic E-state index is 13.0. The molecule has 1 heterocycles. The third-order valence-electron chi connectivity index (χ3n) is 5.92. The molecular formula is C26H27N3O5S. The van der Waals surface area contributed by atoms with Crippen molar-refractivity contribution >= 4 is 34.4 Å². The van der Waals surface area contributed by atoms with Gasteiger partial charge in [0.25, 0.3) is 5.91 Å². The standard InChI is InChI=1S/C26H27N3O5S/c1-3-13-29(14-12-22(30)31)24(32)23-16(2)27-25(35-23)28-26(33)34-15-21-19-10-6-4-8-17(19)18-9-5-7-11-20(18)21/h4-11,21H,3,12-15H2,1-2H3,(H,30,31)(H,27,28,33). The first-order valence-electron chi connectivity index (χ1n) is 11.5. The van der Waals surface area contributed by atoms with Gasteiger partial charge in [-0.1, -0.05) is 66.8 Å². The number of carboxylic acids is 1. The Hall–Kier alpha value is -3.72. The smallest absolute Gasteiger partial charge is 0.413 e. The molecule has 35 heavy (non-hydrogen) atoms. The molecule has 182 valence electrons. The normalized spacial score (nSPS) is 12.1. The Kier molecular flexibility index (Phi) is 7.45. The number of nitrogens with one attached hydrogen (secondary N) is 1. The number of thiazole rings is 1. The van der Waals surface area contributed by atoms with E-state index < -0.39 is 12.1 Å². The molecule has 0 saturated carbocycles. The van der Waals surface area contributed by atoms with Gasteiger partial charge >= 0.3 is 12.1 Å². The molecule has 0 saturated heterocycles. The fraction of sp³-hybridized carbons (Fsp3) is 0.308. The summed E-state index contributed by atoms with van der Waals surface area (Å²) < 4.78 is 5.56. The van der Waals surface area contributed by atoms with Crippen LogP contribution in [0.4, 0.5) is 9.93 Å². The van der Waals surface area contributed by atoms with Crippen LogP contribution in [0, 0.1) is 6.92 Å². The number of carboxylic acid groups (broad SMARTS) is 1. The molecule has 0 bridgehead atoms. The van der Waals surface area contributed by atoms with E-state index >= 15 is 0 Å². The van der Waals surface area contributed by atoms with Crippen LogP contribution in [0.15, 0.2) is 48.5 Å². The number of rotatable bonds is 9. The number of aryl methyl sites for hydroxylation is 1. The van der Waals surface area contributed by atoms with E-state index in [9.17, 15) is 14.4 Å². The molecule has 0 radical (unpaired) electrons. The molecule has 2 amide bonds. The minimum atomic E-state index is -0.961. The van der Waals surface area contributed by atoms with Gasteiger partial charge in [-0.3, -0.25) is 14.9 Å². The number of hydrogen-bond donors (Lipinski definition) is 2. The largest absolute Gasteiger partial charge is 0.481 e. The number of hydrogen-bond acceptors (Lipinski definition) is 6. The van der Waals surface area contributed by atoms with Gasteiger partial charge in [-0.2, -0.15) is 0 Å². The lowest BCUT2D eigenvalue weighted by atomic mass is 9.98. The highest BCUT2D eigenvalue weighted by molar-refractivity contribution is 7.17. The molecule has 1 aromatic heterocycles. The number of nitrogens with zero attached hydrogens (tertiary/aromatic N) is 2. The second-order valence-corrected chi connectivity index (χ2v) is 9.32. The SMILES string of the molecule is CCCN(CCC(=O)O)C(=O)c1sc(NC(=O)OCC2c3ccccc3-c3ccccc32)nc1C. The summed E-state index contributed by atoms with van der Waals surface area (Å²) >= 11 is 1.06. The number of ether oxygens (including phenoxy) is 1. The highest BCUT2D eigenvalue weighted by Gasteiger charge is 2.29. The topological polar surface area (TPSA) is 109 Å². The Labute approximate surface area is 207 Å². The molecule has 2 N–H and O–H groups in total. The molecule has 0 unspecified atom stereocenters. The number of carbonyl (C=O) groups excluding carboxylic acids is 2. The minimum Gasteiger partial charge on any atom is -0.481 e. The first-order valence-corrected chi connectivity index (χ1v) is 12.3. The van der Waals surface area contributed by atoms with Crippen molar-refractivity contribution in [2.75, 3.05) is 25.0 Å². The third kappa shape index (κ3) is 5.35. The van der Waals surface area contributed by atoms with E-state index in [0.717, 1.165) is 33.6 Å². The van der Waals surface area contributed by atoms with Crippen molar-refractivity contribution < 1.29 is 24.2 Å². The maximum atomic E-state index is 13.0. The zero-order chi connectivity index (χ0) is 24.9. The number of aromatic nitrogens is 1. The summed E-state index contributed by atoms with van der Waals surface area (Å²) in [5.41, 5.74) is 5.02. The van der Waals surface area contributed by atoms with Crippen molar-refractivity contribution in [2.45, 2.75) is 32.6 Å². The quantitative estimate of drug-likeness (QED) is 0.427. The lowest BCUT2D eigenvalue weighted by molar-refractivity contribution is -0.137. The molecular weight excluding hydrogens is 466 g/mol. The van der Waals surface area contributed by atoms with Crippen LogP contribution in [-0.4, -0.2) is 52.7 Å². The monoisotopic (exact) mass is 493 g/mol. The summed E-state index contributed by atoms with van der Waals surface area (Å²) in [6, 6.07) is 16.2. The maximum Gasteiger partial charge on any atom is 0.413 e. The van der Waals surface area contributed by atoms with Gasteiger partial charge in [-0.05, 0) is 35.6 Å². The van der Waals surface area contributed by atoms with Crippen molar-refractivity contribution in [3.63, 3.8) is 0 Å². The molecule has 2 aromatic carbocycles. The van der Waals surface area contributed by atoms with Crippen molar-refractivity contribution in [1.29, 1.82) is 0 Å². The molecule has 3 aromatic rings. The van der Waals surface area contributed by atoms with Gasteiger partial charge in [0.1, 0.15) is 11.5 Å². The summed E-state index contributed by atoms with van der Waals surface area (Å²) in [5, 5.41) is 11.9. The number of carbonyl (C=O) groups is 3. The third-order valence-corrected chi connectivity index (χ3v) is 6.98. The lowest BCUT2D eigenvalue weighted by Gasteiger charge is -2.20. The highest BCUT2D eigenvalue weighted by atomic mass is 32.1. The second kappa shape index (κ2) is 10.7. The molecule has 4 rings (SSSR count). The first-order chi connectivity index (χ1) is 16.9. The zero-order valence-corrected chi connectivity index (χ0v) is 20.4. The Morgan fingerprint density at radius 1 is 1.06 bits per heavy atom. The van der Waals surface area contributed by atoms with Gasteiger partial charge in [0.15, 0.2) is 5.13 Å². The molecule has 0 atom stereocenters. The predicted molar refractivity (Wildman–Crippen MR) is 134 cm³/mol. The van der Waals surface area contributed by atoms with Crippen LogP contribution in [0.1, 0.15) is 52.2 Å². The second-order valence-electron chi connectivity index (χ2n) is 8.32. The van der Waals surface area contributed by atoms with Crippen molar-refractivity contribution in [2.24, 2.45) is 0 Å². The molecule has 0 fully saturated rings. The van der Waals surface area contributed by atoms with Gasteiger partial charge in [-0.25, -0.2) is 9.78 Å². The average Bonchev–Trinajstić information content (AvgIpc) is 3.37. The Balaban J connectivity index is 1.41. The van der Waals surface area contributed by atoms with Crippen molar-refractivity contribution in [3.8, 4) is 11.1 Å². The van der Waals surface area contributed by atoms with Gasteiger partial charge in [0.2, 0.25) is 0 Å². The number of anilines is 1. The van der Waals surface area contributed by atoms with Crippen LogP contribution in [-0.2, 0) is 9.53 Å². The number of amides is 2. The number of fused-ring (bicyclic) bond motifs is 3. The highest BCUT2D eigenvalue weighted by Crippen LogP contribution is 2.44. The molecule has 8 nitrogen and oxygen atoms in total. The van der Waals surface area contributed by atoms with Crippen LogP contribution < -0.4 is 5.32 Å². The Morgan fingerprint density at radius 3 is 2.29 bits per heavy atom. The number of aliphatic carboxylic acids is 1. The van der Waals surface area contributed by atoms with Crippen LogP contribution in [0.3, 0.4) is 0 Å². The lowest BCUT2D eigenvalue weighted by Crippen LogP contribution is -2.33. The van der Waals surface area contributed by atoms with Crippen molar-refractivity contribution in [3.05, 3.63) is 70.2 Å². The fourth-order valence-corrected chi connectivity index (χ4v) is 5.25. The fourth-order valence-electron chi connectivity index (χ4n) is 4.33. The van der Waals surface area contributed by atoms with Crippen LogP contribution in [0.2, 0.25) is 0 Å². The van der Waals surface area contributed by atoms with E-state index in [1.54, 1.807) is 6.92 Å². The van der Waals surface area contributed by atoms with E-state index in [4.69, 9.17) is 9.84 Å². The van der Waals surface area contributed by atoms with Crippen LogP contribution >= 0.6 is 11.3 Å². The van der Waals surface area contributed by atoms with Gasteiger partial charge in [0.05, 0.1) is 12.1 Å². The van der Waals surface area contributed by atoms with E-state index in [0.29, 0.717) is 23.5 Å². The zero-order valence-electron chi connectivity index (χ0n) is 19.6. The average molecular weight is 494 g/mol. The summed E-state index contributed by atoms with van der Waals surface area (Å²) in [4.78, 5) is 42.7. The van der Waals surface area contributed by atoms with Crippen LogP contribution in [0.25, 0.3) is 11.1 Å². The number of benzene rings is 2. The van der Waals surface area contributed by atoms with Gasteiger partial charge in [0, 0.05) is 19.0 Å². The minimum absolute atomic E-state index is 0.0554. The Bertz CT molecular complexity index is 1210. The molecule has 0 spiro atoms. The van der Waals surface area contributed by atoms with Crippen LogP contribution in [0.5, 0.6) is 0 Å². The molecule has 1 aliphatic carbocycles. The summed E-state index contributed by atoms with van der Waals surface area (Å²) in [7, 11) is 0. The molecule has 1 aliphatic rings. The Morgan fingerprint density at radius 2 is 1.69 bits per heavy atom. The van der Waals surface area contributed by atoms with E-state index in [1.807, 2.05) is 31.2 Å². The summed E-state index contributed by atoms with van der Waals surface area (Å²) in [5.74, 6) is -1.30. The summed E-state index contributed by atoms with van der Waals surface area (Å²) in [6.07, 6.45) is -0.0707.